The maximum Gasteiger partial charge on any atom is 0.258 e. The van der Waals surface area contributed by atoms with Crippen molar-refractivity contribution in [2.45, 2.75) is 0 Å². The standard InChI is InChI=1S/C12H7BrN2O2S/c13-8-4-3-7(6-9(8)16)12-14-11(15-17-12)10-2-1-5-18-10/h1-6,16H. The van der Waals surface area contributed by atoms with Gasteiger partial charge in [0.15, 0.2) is 0 Å². The van der Waals surface area contributed by atoms with Gasteiger partial charge in [-0.2, -0.15) is 4.98 Å². The monoisotopic (exact) mass is 322 g/mol. The van der Waals surface area contributed by atoms with Gasteiger partial charge in [0.2, 0.25) is 5.82 Å². The van der Waals surface area contributed by atoms with Gasteiger partial charge in [-0.05, 0) is 45.6 Å². The van der Waals surface area contributed by atoms with Crippen LogP contribution in [0.1, 0.15) is 0 Å². The summed E-state index contributed by atoms with van der Waals surface area (Å²) in [5, 5.41) is 15.5. The molecule has 4 nitrogen and oxygen atoms in total. The maximum atomic E-state index is 9.62. The van der Waals surface area contributed by atoms with Gasteiger partial charge in [0.1, 0.15) is 5.75 Å². The minimum absolute atomic E-state index is 0.142. The summed E-state index contributed by atoms with van der Waals surface area (Å²) in [6.07, 6.45) is 0. The Hall–Kier alpha value is -1.66. The number of benzene rings is 1. The van der Waals surface area contributed by atoms with Crippen molar-refractivity contribution in [1.82, 2.24) is 10.1 Å². The smallest absolute Gasteiger partial charge is 0.258 e. The SMILES string of the molecule is Oc1cc(-c2nc(-c3cccs3)no2)ccc1Br. The highest BCUT2D eigenvalue weighted by atomic mass is 79.9. The number of halogens is 1. The molecule has 0 unspecified atom stereocenters. The van der Waals surface area contributed by atoms with Crippen LogP contribution in [0.3, 0.4) is 0 Å². The maximum absolute atomic E-state index is 9.62. The van der Waals surface area contributed by atoms with Gasteiger partial charge in [-0.25, -0.2) is 0 Å². The zero-order valence-electron chi connectivity index (χ0n) is 9.00. The number of hydrogen-bond acceptors (Lipinski definition) is 5. The summed E-state index contributed by atoms with van der Waals surface area (Å²) in [6, 6.07) is 8.98. The molecule has 18 heavy (non-hydrogen) atoms. The molecule has 0 aliphatic rings. The van der Waals surface area contributed by atoms with Crippen LogP contribution >= 0.6 is 27.3 Å². The van der Waals surface area contributed by atoms with Crippen LogP contribution in [0.15, 0.2) is 44.7 Å². The number of aromatic nitrogens is 2. The molecule has 1 N–H and O–H groups in total. The third kappa shape index (κ3) is 2.04. The number of rotatable bonds is 2. The molecule has 0 aliphatic heterocycles. The van der Waals surface area contributed by atoms with Crippen molar-refractivity contribution in [3.05, 3.63) is 40.2 Å². The van der Waals surface area contributed by atoms with E-state index >= 15 is 0 Å². The van der Waals surface area contributed by atoms with Gasteiger partial charge in [0, 0.05) is 5.56 Å². The first-order chi connectivity index (χ1) is 8.74. The average Bonchev–Trinajstić information content (AvgIpc) is 3.01. The number of phenols is 1. The fourth-order valence-corrected chi connectivity index (χ4v) is 2.39. The Kier molecular flexibility index (Phi) is 2.89. The second-order valence-corrected chi connectivity index (χ2v) is 5.37. The molecule has 90 valence electrons. The summed E-state index contributed by atoms with van der Waals surface area (Å²) in [5.41, 5.74) is 0.686. The molecule has 2 aromatic heterocycles. The summed E-state index contributed by atoms with van der Waals surface area (Å²) in [6.45, 7) is 0. The first kappa shape index (κ1) is 11.4. The molecular weight excluding hydrogens is 316 g/mol. The molecule has 2 heterocycles. The summed E-state index contributed by atoms with van der Waals surface area (Å²) >= 11 is 4.77. The van der Waals surface area contributed by atoms with E-state index in [1.807, 2.05) is 17.5 Å². The molecule has 0 aliphatic carbocycles. The van der Waals surface area contributed by atoms with Crippen LogP contribution in [0.25, 0.3) is 22.2 Å². The van der Waals surface area contributed by atoms with Gasteiger partial charge < -0.3 is 9.63 Å². The van der Waals surface area contributed by atoms with E-state index in [4.69, 9.17) is 4.52 Å². The highest BCUT2D eigenvalue weighted by Gasteiger charge is 2.12. The van der Waals surface area contributed by atoms with Gasteiger partial charge in [0.05, 0.1) is 9.35 Å². The lowest BCUT2D eigenvalue weighted by Gasteiger charge is -1.97. The van der Waals surface area contributed by atoms with Gasteiger partial charge in [0.25, 0.3) is 5.89 Å². The van der Waals surface area contributed by atoms with Crippen molar-refractivity contribution in [2.24, 2.45) is 0 Å². The summed E-state index contributed by atoms with van der Waals surface area (Å²) in [7, 11) is 0. The first-order valence-electron chi connectivity index (χ1n) is 5.10. The summed E-state index contributed by atoms with van der Waals surface area (Å²) in [4.78, 5) is 5.25. The quantitative estimate of drug-likeness (QED) is 0.776. The highest BCUT2D eigenvalue weighted by Crippen LogP contribution is 2.30. The van der Waals surface area contributed by atoms with Crippen LogP contribution in [0.4, 0.5) is 0 Å². The fraction of sp³-hybridized carbons (Fsp3) is 0. The molecule has 0 saturated heterocycles. The molecule has 1 aromatic carbocycles. The van der Waals surface area contributed by atoms with Crippen LogP contribution in [0, 0.1) is 0 Å². The predicted octanol–water partition coefficient (Wildman–Crippen LogP) is 3.93. The zero-order valence-corrected chi connectivity index (χ0v) is 11.4. The Morgan fingerprint density at radius 3 is 2.89 bits per heavy atom. The van der Waals surface area contributed by atoms with Crippen molar-refractivity contribution in [1.29, 1.82) is 0 Å². The number of nitrogens with zero attached hydrogens (tertiary/aromatic N) is 2. The molecule has 0 bridgehead atoms. The molecule has 3 rings (SSSR count). The molecule has 0 radical (unpaired) electrons. The van der Waals surface area contributed by atoms with E-state index in [0.29, 0.717) is 21.8 Å². The Morgan fingerprint density at radius 1 is 1.28 bits per heavy atom. The van der Waals surface area contributed by atoms with E-state index in [9.17, 15) is 5.11 Å². The van der Waals surface area contributed by atoms with Crippen molar-refractivity contribution < 1.29 is 9.63 Å². The highest BCUT2D eigenvalue weighted by molar-refractivity contribution is 9.10. The normalized spacial score (nSPS) is 10.7. The molecule has 3 aromatic rings. The average molecular weight is 323 g/mol. The van der Waals surface area contributed by atoms with E-state index in [0.717, 1.165) is 4.88 Å². The Labute approximate surface area is 115 Å². The molecule has 0 atom stereocenters. The fourth-order valence-electron chi connectivity index (χ4n) is 1.49. The third-order valence-corrected chi connectivity index (χ3v) is 3.90. The number of aromatic hydroxyl groups is 1. The van der Waals surface area contributed by atoms with Crippen molar-refractivity contribution in [3.8, 4) is 27.9 Å². The van der Waals surface area contributed by atoms with Gasteiger partial charge >= 0.3 is 0 Å². The van der Waals surface area contributed by atoms with Crippen molar-refractivity contribution >= 4 is 27.3 Å². The van der Waals surface area contributed by atoms with E-state index < -0.39 is 0 Å². The Balaban J connectivity index is 2.00. The summed E-state index contributed by atoms with van der Waals surface area (Å²) < 4.78 is 5.82. The van der Waals surface area contributed by atoms with Crippen LogP contribution in [0.2, 0.25) is 0 Å². The van der Waals surface area contributed by atoms with Crippen LogP contribution in [-0.2, 0) is 0 Å². The minimum atomic E-state index is 0.142. The molecular formula is C12H7BrN2O2S. The zero-order chi connectivity index (χ0) is 12.5. The van der Waals surface area contributed by atoms with Gasteiger partial charge in [-0.1, -0.05) is 11.2 Å². The molecule has 0 fully saturated rings. The van der Waals surface area contributed by atoms with E-state index in [-0.39, 0.29) is 5.75 Å². The third-order valence-electron chi connectivity index (χ3n) is 2.36. The lowest BCUT2D eigenvalue weighted by atomic mass is 10.2. The van der Waals surface area contributed by atoms with E-state index in [1.165, 1.54) is 0 Å². The molecule has 0 spiro atoms. The number of phenolic OH excluding ortho intramolecular Hbond substituents is 1. The second kappa shape index (κ2) is 4.55. The molecule has 0 saturated carbocycles. The van der Waals surface area contributed by atoms with Crippen LogP contribution < -0.4 is 0 Å². The van der Waals surface area contributed by atoms with E-state index in [1.54, 1.807) is 29.5 Å². The number of thiophene rings is 1. The molecule has 6 heteroatoms. The summed E-state index contributed by atoms with van der Waals surface area (Å²) in [5.74, 6) is 1.09. The van der Waals surface area contributed by atoms with Crippen LogP contribution in [-0.4, -0.2) is 15.2 Å². The lowest BCUT2D eigenvalue weighted by molar-refractivity contribution is 0.431. The van der Waals surface area contributed by atoms with E-state index in [2.05, 4.69) is 26.1 Å². The topological polar surface area (TPSA) is 59.2 Å². The van der Waals surface area contributed by atoms with Crippen molar-refractivity contribution in [2.75, 3.05) is 0 Å². The van der Waals surface area contributed by atoms with Gasteiger partial charge in [-0.3, -0.25) is 0 Å². The minimum Gasteiger partial charge on any atom is -0.507 e. The Morgan fingerprint density at radius 2 is 2.17 bits per heavy atom. The lowest BCUT2D eigenvalue weighted by Crippen LogP contribution is -1.79. The van der Waals surface area contributed by atoms with Crippen molar-refractivity contribution in [3.63, 3.8) is 0 Å². The number of hydrogen-bond donors (Lipinski definition) is 1. The largest absolute Gasteiger partial charge is 0.507 e. The molecule has 0 amide bonds. The first-order valence-corrected chi connectivity index (χ1v) is 6.78. The van der Waals surface area contributed by atoms with Crippen LogP contribution in [0.5, 0.6) is 5.75 Å². The Bertz CT molecular complexity index is 679. The van der Waals surface area contributed by atoms with Gasteiger partial charge in [-0.15, -0.1) is 11.3 Å². The second-order valence-electron chi connectivity index (χ2n) is 3.57. The predicted molar refractivity (Wildman–Crippen MR) is 72.4 cm³/mol.